The van der Waals surface area contributed by atoms with E-state index in [1.54, 1.807) is 0 Å². The summed E-state index contributed by atoms with van der Waals surface area (Å²) in [4.78, 5) is 12.4. The Hall–Kier alpha value is -1.36. The summed E-state index contributed by atoms with van der Waals surface area (Å²) in [6, 6.07) is 1.60. The van der Waals surface area contributed by atoms with Crippen molar-refractivity contribution < 1.29 is 4.79 Å². The number of nitrogens with one attached hydrogen (secondary N) is 2. The minimum atomic E-state index is 0.191. The minimum absolute atomic E-state index is 0.191. The average molecular weight is 332 g/mol. The maximum atomic E-state index is 12.4. The predicted molar refractivity (Wildman–Crippen MR) is 96.0 cm³/mol. The Labute approximate surface area is 145 Å². The van der Waals surface area contributed by atoms with E-state index in [1.807, 2.05) is 0 Å². The molecule has 1 aromatic rings. The summed E-state index contributed by atoms with van der Waals surface area (Å²) in [5.74, 6) is 0.770. The van der Waals surface area contributed by atoms with E-state index in [4.69, 9.17) is 0 Å². The lowest BCUT2D eigenvalue weighted by Gasteiger charge is -2.29. The van der Waals surface area contributed by atoms with Crippen molar-refractivity contribution in [3.05, 3.63) is 17.0 Å². The van der Waals surface area contributed by atoms with E-state index in [0.717, 1.165) is 31.5 Å². The Morgan fingerprint density at radius 3 is 2.58 bits per heavy atom. The molecule has 0 aromatic carbocycles. The summed E-state index contributed by atoms with van der Waals surface area (Å²) >= 11 is 0. The Morgan fingerprint density at radius 2 is 1.96 bits per heavy atom. The molecule has 2 aliphatic rings. The molecule has 24 heavy (non-hydrogen) atoms. The molecule has 2 aliphatic heterocycles. The van der Waals surface area contributed by atoms with E-state index in [0.29, 0.717) is 30.5 Å². The number of aryl methyl sites for hydroxylation is 1. The summed E-state index contributed by atoms with van der Waals surface area (Å²) in [6.45, 7) is 9.53. The normalized spacial score (nSPS) is 26.1. The van der Waals surface area contributed by atoms with Gasteiger partial charge in [-0.1, -0.05) is 13.8 Å². The maximum Gasteiger partial charge on any atom is 0.220 e. The van der Waals surface area contributed by atoms with Gasteiger partial charge in [0.15, 0.2) is 0 Å². The van der Waals surface area contributed by atoms with Gasteiger partial charge >= 0.3 is 0 Å². The van der Waals surface area contributed by atoms with Crippen molar-refractivity contribution in [2.24, 2.45) is 5.92 Å². The average Bonchev–Trinajstić information content (AvgIpc) is 2.96. The molecule has 0 aliphatic carbocycles. The van der Waals surface area contributed by atoms with Crippen LogP contribution in [0.5, 0.6) is 0 Å². The first-order chi connectivity index (χ1) is 11.4. The Balaban J connectivity index is 1.52. The molecule has 5 nitrogen and oxygen atoms in total. The maximum absolute atomic E-state index is 12.4. The fourth-order valence-electron chi connectivity index (χ4n) is 4.33. The molecule has 134 valence electrons. The summed E-state index contributed by atoms with van der Waals surface area (Å²) in [7, 11) is 0. The van der Waals surface area contributed by atoms with Gasteiger partial charge in [0.25, 0.3) is 0 Å². The van der Waals surface area contributed by atoms with Gasteiger partial charge in [-0.25, -0.2) is 0 Å². The molecule has 0 saturated carbocycles. The Morgan fingerprint density at radius 1 is 1.29 bits per heavy atom. The zero-order valence-corrected chi connectivity index (χ0v) is 15.6. The summed E-state index contributed by atoms with van der Waals surface area (Å²) in [5.41, 5.74) is 3.53. The van der Waals surface area contributed by atoms with Crippen molar-refractivity contribution in [1.29, 1.82) is 0 Å². The molecule has 1 amide bonds. The molecule has 0 radical (unpaired) electrons. The van der Waals surface area contributed by atoms with Gasteiger partial charge in [-0.15, -0.1) is 0 Å². The highest BCUT2D eigenvalue weighted by Gasteiger charge is 2.33. The van der Waals surface area contributed by atoms with Gasteiger partial charge < -0.3 is 10.6 Å². The van der Waals surface area contributed by atoms with Crippen molar-refractivity contribution in [2.75, 3.05) is 0 Å². The van der Waals surface area contributed by atoms with Crippen LogP contribution in [0.15, 0.2) is 0 Å². The van der Waals surface area contributed by atoms with E-state index in [9.17, 15) is 4.79 Å². The fraction of sp³-hybridized carbons (Fsp3) is 0.789. The summed E-state index contributed by atoms with van der Waals surface area (Å²) in [6.07, 6.45) is 6.07. The molecule has 2 atom stereocenters. The molecule has 3 rings (SSSR count). The minimum Gasteiger partial charge on any atom is -0.353 e. The van der Waals surface area contributed by atoms with Crippen LogP contribution in [0.2, 0.25) is 0 Å². The SMILES string of the molecule is Cc1nn(CC(C)C)c(C)c1CCC(=O)NC1CC2CCC(C1)N2. The summed E-state index contributed by atoms with van der Waals surface area (Å²) < 4.78 is 2.09. The number of nitrogens with zero attached hydrogens (tertiary/aromatic N) is 2. The van der Waals surface area contributed by atoms with Crippen LogP contribution < -0.4 is 10.6 Å². The fourth-order valence-corrected chi connectivity index (χ4v) is 4.33. The lowest BCUT2D eigenvalue weighted by atomic mass is 9.99. The molecule has 2 N–H and O–H groups in total. The van der Waals surface area contributed by atoms with Gasteiger partial charge in [0.2, 0.25) is 5.91 Å². The highest BCUT2D eigenvalue weighted by atomic mass is 16.1. The standard InChI is InChI=1S/C19H32N4O/c1-12(2)11-23-14(4)18(13(3)22-23)7-8-19(24)21-17-9-15-5-6-16(10-17)20-15/h12,15-17,20H,5-11H2,1-4H3,(H,21,24). The molecule has 0 spiro atoms. The third-order valence-electron chi connectivity index (χ3n) is 5.51. The number of piperidine rings is 1. The first-order valence-corrected chi connectivity index (χ1v) is 9.50. The first kappa shape index (κ1) is 17.5. The molecule has 5 heteroatoms. The van der Waals surface area contributed by atoms with E-state index < -0.39 is 0 Å². The zero-order valence-electron chi connectivity index (χ0n) is 15.6. The van der Waals surface area contributed by atoms with Gasteiger partial charge in [-0.05, 0) is 57.4 Å². The smallest absolute Gasteiger partial charge is 0.220 e. The van der Waals surface area contributed by atoms with Crippen LogP contribution in [0.1, 0.15) is 62.9 Å². The number of carbonyl (C=O) groups excluding carboxylic acids is 1. The molecule has 2 unspecified atom stereocenters. The highest BCUT2D eigenvalue weighted by molar-refractivity contribution is 5.76. The molecule has 3 heterocycles. The number of amides is 1. The van der Waals surface area contributed by atoms with E-state index >= 15 is 0 Å². The van der Waals surface area contributed by atoms with Crippen molar-refractivity contribution in [3.8, 4) is 0 Å². The largest absolute Gasteiger partial charge is 0.353 e. The third kappa shape index (κ3) is 4.00. The lowest BCUT2D eigenvalue weighted by molar-refractivity contribution is -0.122. The van der Waals surface area contributed by atoms with Crippen LogP contribution in [-0.4, -0.2) is 33.8 Å². The molecule has 2 bridgehead atoms. The number of aromatic nitrogens is 2. The predicted octanol–water partition coefficient (Wildman–Crippen LogP) is 2.49. The number of hydrogen-bond donors (Lipinski definition) is 2. The van der Waals surface area contributed by atoms with Gasteiger partial charge in [0, 0.05) is 36.8 Å². The number of carbonyl (C=O) groups is 1. The first-order valence-electron chi connectivity index (χ1n) is 9.50. The van der Waals surface area contributed by atoms with Gasteiger partial charge in [0.05, 0.1) is 5.69 Å². The topological polar surface area (TPSA) is 59.0 Å². The van der Waals surface area contributed by atoms with Crippen molar-refractivity contribution in [1.82, 2.24) is 20.4 Å². The van der Waals surface area contributed by atoms with Crippen LogP contribution in [0, 0.1) is 19.8 Å². The van der Waals surface area contributed by atoms with Crippen LogP contribution in [-0.2, 0) is 17.8 Å². The highest BCUT2D eigenvalue weighted by Crippen LogP contribution is 2.26. The Bertz CT molecular complexity index is 580. The van der Waals surface area contributed by atoms with E-state index in [2.05, 4.69) is 48.1 Å². The quantitative estimate of drug-likeness (QED) is 0.841. The monoisotopic (exact) mass is 332 g/mol. The van der Waals surface area contributed by atoms with Gasteiger partial charge in [-0.3, -0.25) is 9.48 Å². The van der Waals surface area contributed by atoms with E-state index in [1.165, 1.54) is 24.1 Å². The number of hydrogen-bond acceptors (Lipinski definition) is 3. The van der Waals surface area contributed by atoms with Gasteiger partial charge in [0.1, 0.15) is 0 Å². The third-order valence-corrected chi connectivity index (χ3v) is 5.51. The lowest BCUT2D eigenvalue weighted by Crippen LogP contribution is -2.48. The van der Waals surface area contributed by atoms with Crippen LogP contribution in [0.4, 0.5) is 0 Å². The summed E-state index contributed by atoms with van der Waals surface area (Å²) in [5, 5.41) is 11.5. The second-order valence-corrected chi connectivity index (χ2v) is 8.10. The van der Waals surface area contributed by atoms with Gasteiger partial charge in [-0.2, -0.15) is 5.10 Å². The second-order valence-electron chi connectivity index (χ2n) is 8.10. The van der Waals surface area contributed by atoms with E-state index in [-0.39, 0.29) is 5.91 Å². The van der Waals surface area contributed by atoms with Crippen LogP contribution in [0.3, 0.4) is 0 Å². The molecular weight excluding hydrogens is 300 g/mol. The Kier molecular flexibility index (Phi) is 5.28. The molecule has 2 fully saturated rings. The van der Waals surface area contributed by atoms with Crippen LogP contribution in [0.25, 0.3) is 0 Å². The number of fused-ring (bicyclic) bond motifs is 2. The van der Waals surface area contributed by atoms with Crippen molar-refractivity contribution in [3.63, 3.8) is 0 Å². The van der Waals surface area contributed by atoms with Crippen molar-refractivity contribution >= 4 is 5.91 Å². The van der Waals surface area contributed by atoms with Crippen molar-refractivity contribution in [2.45, 2.75) is 90.9 Å². The second kappa shape index (κ2) is 7.26. The molecule has 1 aromatic heterocycles. The molecular formula is C19H32N4O. The molecule has 2 saturated heterocycles. The number of rotatable bonds is 6. The zero-order chi connectivity index (χ0) is 17.3. The van der Waals surface area contributed by atoms with Crippen LogP contribution >= 0.6 is 0 Å².